The first-order chi connectivity index (χ1) is 10.2. The van der Waals surface area contributed by atoms with Gasteiger partial charge in [-0.15, -0.1) is 0 Å². The summed E-state index contributed by atoms with van der Waals surface area (Å²) in [4.78, 5) is 15.1. The van der Waals surface area contributed by atoms with Gasteiger partial charge in [0.15, 0.2) is 5.78 Å². The monoisotopic (exact) mass is 293 g/mol. The molecule has 1 aromatic carbocycles. The number of methoxy groups -OCH3 is 2. The van der Waals surface area contributed by atoms with Crippen LogP contribution in [0, 0.1) is 0 Å². The second-order valence-electron chi connectivity index (χ2n) is 5.06. The molecular weight excluding hydrogens is 270 g/mol. The highest BCUT2D eigenvalue weighted by Gasteiger charge is 2.31. The molecule has 0 radical (unpaired) electrons. The summed E-state index contributed by atoms with van der Waals surface area (Å²) in [5.74, 6) is 0.969. The minimum atomic E-state index is -0.463. The third kappa shape index (κ3) is 3.54. The van der Waals surface area contributed by atoms with Crippen LogP contribution in [0.25, 0.3) is 0 Å². The zero-order valence-corrected chi connectivity index (χ0v) is 12.9. The van der Waals surface area contributed by atoms with Crippen molar-refractivity contribution in [1.29, 1.82) is 0 Å². The lowest BCUT2D eigenvalue weighted by Gasteiger charge is -2.32. The van der Waals surface area contributed by atoms with Crippen LogP contribution in [0.4, 0.5) is 0 Å². The summed E-state index contributed by atoms with van der Waals surface area (Å²) in [5, 5.41) is 0. The van der Waals surface area contributed by atoms with Gasteiger partial charge in [0.1, 0.15) is 23.2 Å². The summed E-state index contributed by atoms with van der Waals surface area (Å²) in [6.45, 7) is 5.19. The molecule has 21 heavy (non-hydrogen) atoms. The number of rotatable bonds is 6. The Morgan fingerprint density at radius 3 is 2.57 bits per heavy atom. The molecule has 0 N–H and O–H groups in total. The number of hydrogen-bond donors (Lipinski definition) is 0. The van der Waals surface area contributed by atoms with Crippen molar-refractivity contribution in [1.82, 2.24) is 4.90 Å². The number of hydrogen-bond acceptors (Lipinski definition) is 5. The van der Waals surface area contributed by atoms with E-state index in [1.165, 1.54) is 0 Å². The van der Waals surface area contributed by atoms with E-state index < -0.39 is 6.10 Å². The average Bonchev–Trinajstić information content (AvgIpc) is 2.54. The Bertz CT molecular complexity index is 465. The molecule has 1 aliphatic heterocycles. The minimum absolute atomic E-state index is 0.0786. The summed E-state index contributed by atoms with van der Waals surface area (Å²) < 4.78 is 16.3. The highest BCUT2D eigenvalue weighted by molar-refractivity contribution is 6.04. The SMILES string of the molecule is CCCN1CCOC(C(=O)c2c(OC)cccc2OC)C1. The normalized spacial score (nSPS) is 19.3. The van der Waals surface area contributed by atoms with Gasteiger partial charge in [-0.05, 0) is 25.1 Å². The van der Waals surface area contributed by atoms with E-state index in [-0.39, 0.29) is 5.78 Å². The fourth-order valence-electron chi connectivity index (χ4n) is 2.64. The minimum Gasteiger partial charge on any atom is -0.496 e. The van der Waals surface area contributed by atoms with Crippen LogP contribution in [0.3, 0.4) is 0 Å². The summed E-state index contributed by atoms with van der Waals surface area (Å²) >= 11 is 0. The predicted octanol–water partition coefficient (Wildman–Crippen LogP) is 2.00. The lowest BCUT2D eigenvalue weighted by molar-refractivity contribution is -0.0166. The smallest absolute Gasteiger partial charge is 0.200 e. The number of Topliss-reactive ketones (excluding diaryl/α,β-unsaturated/α-hetero) is 1. The summed E-state index contributed by atoms with van der Waals surface area (Å²) in [5.41, 5.74) is 0.464. The molecule has 1 heterocycles. The molecule has 1 fully saturated rings. The molecule has 1 unspecified atom stereocenters. The Morgan fingerprint density at radius 2 is 2.00 bits per heavy atom. The van der Waals surface area contributed by atoms with Crippen LogP contribution in [0.2, 0.25) is 0 Å². The van der Waals surface area contributed by atoms with Gasteiger partial charge in [0.25, 0.3) is 0 Å². The van der Waals surface area contributed by atoms with Crippen LogP contribution >= 0.6 is 0 Å². The summed E-state index contributed by atoms with van der Waals surface area (Å²) in [7, 11) is 3.10. The van der Waals surface area contributed by atoms with Gasteiger partial charge < -0.3 is 14.2 Å². The van der Waals surface area contributed by atoms with Crippen molar-refractivity contribution in [3.8, 4) is 11.5 Å². The first-order valence-electron chi connectivity index (χ1n) is 7.30. The first-order valence-corrected chi connectivity index (χ1v) is 7.30. The molecule has 1 aromatic rings. The van der Waals surface area contributed by atoms with Crippen molar-refractivity contribution >= 4 is 5.78 Å². The fourth-order valence-corrected chi connectivity index (χ4v) is 2.64. The summed E-state index contributed by atoms with van der Waals surface area (Å²) in [6, 6.07) is 5.34. The number of carbonyl (C=O) groups is 1. The van der Waals surface area contributed by atoms with Gasteiger partial charge in [0.05, 0.1) is 20.8 Å². The van der Waals surface area contributed by atoms with E-state index in [0.717, 1.165) is 19.5 Å². The van der Waals surface area contributed by atoms with Gasteiger partial charge in [-0.25, -0.2) is 0 Å². The maximum atomic E-state index is 12.8. The maximum absolute atomic E-state index is 12.8. The van der Waals surface area contributed by atoms with Crippen molar-refractivity contribution in [2.45, 2.75) is 19.4 Å². The van der Waals surface area contributed by atoms with Crippen LogP contribution in [0.5, 0.6) is 11.5 Å². The Labute approximate surface area is 125 Å². The van der Waals surface area contributed by atoms with Gasteiger partial charge in [-0.1, -0.05) is 13.0 Å². The van der Waals surface area contributed by atoms with Crippen LogP contribution in [0.1, 0.15) is 23.7 Å². The fraction of sp³-hybridized carbons (Fsp3) is 0.562. The molecule has 116 valence electrons. The zero-order valence-electron chi connectivity index (χ0n) is 12.9. The van der Waals surface area contributed by atoms with Gasteiger partial charge in [-0.3, -0.25) is 9.69 Å². The van der Waals surface area contributed by atoms with E-state index in [1.54, 1.807) is 32.4 Å². The average molecular weight is 293 g/mol. The number of ether oxygens (including phenoxy) is 3. The Balaban J connectivity index is 2.23. The van der Waals surface area contributed by atoms with Crippen molar-refractivity contribution in [3.63, 3.8) is 0 Å². The van der Waals surface area contributed by atoms with Crippen molar-refractivity contribution in [3.05, 3.63) is 23.8 Å². The number of carbonyl (C=O) groups excluding carboxylic acids is 1. The third-order valence-electron chi connectivity index (χ3n) is 3.66. The molecule has 0 aromatic heterocycles. The molecule has 0 spiro atoms. The quantitative estimate of drug-likeness (QED) is 0.751. The van der Waals surface area contributed by atoms with E-state index in [4.69, 9.17) is 14.2 Å². The molecule has 0 bridgehead atoms. The molecule has 1 saturated heterocycles. The van der Waals surface area contributed by atoms with E-state index in [1.807, 2.05) is 0 Å². The lowest BCUT2D eigenvalue weighted by atomic mass is 10.0. The van der Waals surface area contributed by atoms with Gasteiger partial charge in [-0.2, -0.15) is 0 Å². The van der Waals surface area contributed by atoms with E-state index in [2.05, 4.69) is 11.8 Å². The number of ketones is 1. The number of morpholine rings is 1. The molecule has 0 aliphatic carbocycles. The number of nitrogens with zero attached hydrogens (tertiary/aromatic N) is 1. The van der Waals surface area contributed by atoms with Crippen LogP contribution in [-0.2, 0) is 4.74 Å². The van der Waals surface area contributed by atoms with Crippen LogP contribution in [0.15, 0.2) is 18.2 Å². The zero-order chi connectivity index (χ0) is 15.2. The van der Waals surface area contributed by atoms with E-state index >= 15 is 0 Å². The number of benzene rings is 1. The molecule has 1 atom stereocenters. The summed E-state index contributed by atoms with van der Waals surface area (Å²) in [6.07, 6.45) is 0.606. The molecule has 1 aliphatic rings. The van der Waals surface area contributed by atoms with Crippen LogP contribution in [-0.4, -0.2) is 57.2 Å². The van der Waals surface area contributed by atoms with Crippen molar-refractivity contribution in [2.75, 3.05) is 40.5 Å². The topological polar surface area (TPSA) is 48.0 Å². The molecular formula is C16H23NO4. The lowest BCUT2D eigenvalue weighted by Crippen LogP contribution is -2.46. The molecule has 0 amide bonds. The largest absolute Gasteiger partial charge is 0.496 e. The van der Waals surface area contributed by atoms with Crippen molar-refractivity contribution in [2.24, 2.45) is 0 Å². The van der Waals surface area contributed by atoms with Crippen LogP contribution < -0.4 is 9.47 Å². The van der Waals surface area contributed by atoms with Gasteiger partial charge in [0.2, 0.25) is 0 Å². The highest BCUT2D eigenvalue weighted by Crippen LogP contribution is 2.30. The molecule has 0 saturated carbocycles. The van der Waals surface area contributed by atoms with Gasteiger partial charge >= 0.3 is 0 Å². The molecule has 5 heteroatoms. The van der Waals surface area contributed by atoms with E-state index in [0.29, 0.717) is 30.2 Å². The Hall–Kier alpha value is -1.59. The Morgan fingerprint density at radius 1 is 1.33 bits per heavy atom. The molecule has 2 rings (SSSR count). The standard InChI is InChI=1S/C16H23NO4/c1-4-8-17-9-10-21-14(11-17)16(18)15-12(19-2)6-5-7-13(15)20-3/h5-7,14H,4,8-11H2,1-3H3. The first kappa shape index (κ1) is 15.8. The van der Waals surface area contributed by atoms with Gasteiger partial charge in [0, 0.05) is 13.1 Å². The molecule has 5 nitrogen and oxygen atoms in total. The van der Waals surface area contributed by atoms with Crippen molar-refractivity contribution < 1.29 is 19.0 Å². The van der Waals surface area contributed by atoms with E-state index in [9.17, 15) is 4.79 Å². The highest BCUT2D eigenvalue weighted by atomic mass is 16.5. The maximum Gasteiger partial charge on any atom is 0.200 e. The third-order valence-corrected chi connectivity index (χ3v) is 3.66. The Kier molecular flexibility index (Phi) is 5.59. The second kappa shape index (κ2) is 7.43. The predicted molar refractivity (Wildman–Crippen MR) is 80.3 cm³/mol. The second-order valence-corrected chi connectivity index (χ2v) is 5.06.